The fraction of sp³-hybridized carbons (Fsp3) is 0.263. The Morgan fingerprint density at radius 1 is 1.12 bits per heavy atom. The molecule has 0 aliphatic carbocycles. The van der Waals surface area contributed by atoms with Crippen molar-refractivity contribution in [3.05, 3.63) is 65.0 Å². The Balaban J connectivity index is 2.02. The van der Waals surface area contributed by atoms with E-state index in [0.29, 0.717) is 5.56 Å². The van der Waals surface area contributed by atoms with Crippen molar-refractivity contribution in [2.75, 3.05) is 0 Å². The van der Waals surface area contributed by atoms with Gasteiger partial charge in [0.1, 0.15) is 5.69 Å². The fourth-order valence-corrected chi connectivity index (χ4v) is 2.19. The SMILES string of the molecule is CCC(C)NC(=O)c1cccc(CNC(=O)c2cc(C(=O)O)ccn2)c1. The zero-order chi connectivity index (χ0) is 19.1. The molecule has 0 bridgehead atoms. The van der Waals surface area contributed by atoms with Crippen molar-refractivity contribution in [2.24, 2.45) is 0 Å². The maximum absolute atomic E-state index is 12.2. The molecule has 136 valence electrons. The zero-order valence-electron chi connectivity index (χ0n) is 14.7. The number of aromatic nitrogens is 1. The quantitative estimate of drug-likeness (QED) is 0.706. The van der Waals surface area contributed by atoms with E-state index in [1.54, 1.807) is 24.3 Å². The van der Waals surface area contributed by atoms with E-state index in [1.807, 2.05) is 13.8 Å². The van der Waals surface area contributed by atoms with Crippen molar-refractivity contribution in [2.45, 2.75) is 32.9 Å². The third-order valence-electron chi connectivity index (χ3n) is 3.87. The van der Waals surface area contributed by atoms with E-state index in [4.69, 9.17) is 5.11 Å². The number of nitrogens with zero attached hydrogens (tertiary/aromatic N) is 1. The van der Waals surface area contributed by atoms with Crippen LogP contribution in [0.1, 0.15) is 57.0 Å². The van der Waals surface area contributed by atoms with Gasteiger partial charge in [0.2, 0.25) is 0 Å². The summed E-state index contributed by atoms with van der Waals surface area (Å²) in [5.41, 5.74) is 1.29. The number of carbonyl (C=O) groups is 3. The van der Waals surface area contributed by atoms with E-state index < -0.39 is 11.9 Å². The molecule has 0 aliphatic heterocycles. The number of carbonyl (C=O) groups excluding carboxylic acids is 2. The molecule has 0 radical (unpaired) electrons. The Morgan fingerprint density at radius 2 is 1.88 bits per heavy atom. The maximum Gasteiger partial charge on any atom is 0.335 e. The summed E-state index contributed by atoms with van der Waals surface area (Å²) in [6.45, 7) is 4.12. The molecule has 3 N–H and O–H groups in total. The monoisotopic (exact) mass is 355 g/mol. The van der Waals surface area contributed by atoms with Crippen molar-refractivity contribution in [1.29, 1.82) is 0 Å². The van der Waals surface area contributed by atoms with E-state index in [2.05, 4.69) is 15.6 Å². The van der Waals surface area contributed by atoms with Crippen LogP contribution in [-0.4, -0.2) is 33.9 Å². The number of pyridine rings is 1. The molecule has 2 amide bonds. The van der Waals surface area contributed by atoms with Gasteiger partial charge in [-0.1, -0.05) is 19.1 Å². The number of carboxylic acids is 1. The van der Waals surface area contributed by atoms with E-state index in [9.17, 15) is 14.4 Å². The van der Waals surface area contributed by atoms with E-state index >= 15 is 0 Å². The van der Waals surface area contributed by atoms with Crippen LogP contribution in [-0.2, 0) is 6.54 Å². The molecule has 26 heavy (non-hydrogen) atoms. The highest BCUT2D eigenvalue weighted by Gasteiger charge is 2.12. The molecule has 1 aromatic heterocycles. The molecule has 1 atom stereocenters. The van der Waals surface area contributed by atoms with Crippen LogP contribution in [0, 0.1) is 0 Å². The van der Waals surface area contributed by atoms with Crippen LogP contribution in [0.5, 0.6) is 0 Å². The minimum absolute atomic E-state index is 0.00568. The largest absolute Gasteiger partial charge is 0.478 e. The van der Waals surface area contributed by atoms with Crippen LogP contribution in [0.4, 0.5) is 0 Å². The number of benzene rings is 1. The van der Waals surface area contributed by atoms with Gasteiger partial charge in [-0.3, -0.25) is 14.6 Å². The Bertz CT molecular complexity index is 820. The second-order valence-electron chi connectivity index (χ2n) is 5.90. The first-order valence-electron chi connectivity index (χ1n) is 8.28. The average molecular weight is 355 g/mol. The molecule has 1 unspecified atom stereocenters. The van der Waals surface area contributed by atoms with Crippen molar-refractivity contribution in [3.8, 4) is 0 Å². The summed E-state index contributed by atoms with van der Waals surface area (Å²) < 4.78 is 0. The second kappa shape index (κ2) is 8.75. The number of hydrogen-bond acceptors (Lipinski definition) is 4. The molecule has 0 saturated heterocycles. The average Bonchev–Trinajstić information content (AvgIpc) is 2.66. The molecule has 0 aliphatic rings. The Hall–Kier alpha value is -3.22. The summed E-state index contributed by atoms with van der Waals surface area (Å²) in [6.07, 6.45) is 2.11. The smallest absolute Gasteiger partial charge is 0.335 e. The Labute approximate surface area is 151 Å². The lowest BCUT2D eigenvalue weighted by atomic mass is 10.1. The third kappa shape index (κ3) is 5.14. The van der Waals surface area contributed by atoms with Gasteiger partial charge in [-0.15, -0.1) is 0 Å². The highest BCUT2D eigenvalue weighted by Crippen LogP contribution is 2.07. The number of carboxylic acid groups (broad SMARTS) is 1. The van der Waals surface area contributed by atoms with Crippen LogP contribution in [0.3, 0.4) is 0 Å². The third-order valence-corrected chi connectivity index (χ3v) is 3.87. The number of nitrogens with one attached hydrogen (secondary N) is 2. The minimum Gasteiger partial charge on any atom is -0.478 e. The minimum atomic E-state index is -1.12. The first-order chi connectivity index (χ1) is 12.4. The summed E-state index contributed by atoms with van der Waals surface area (Å²) in [5.74, 6) is -1.77. The molecule has 0 fully saturated rings. The van der Waals surface area contributed by atoms with Gasteiger partial charge < -0.3 is 15.7 Å². The van der Waals surface area contributed by atoms with Crippen LogP contribution in [0.25, 0.3) is 0 Å². The molecule has 7 heteroatoms. The molecule has 0 saturated carbocycles. The Kier molecular flexibility index (Phi) is 6.43. The summed E-state index contributed by atoms with van der Waals surface area (Å²) in [6, 6.07) is 9.57. The lowest BCUT2D eigenvalue weighted by Crippen LogP contribution is -2.32. The zero-order valence-corrected chi connectivity index (χ0v) is 14.7. The summed E-state index contributed by atoms with van der Waals surface area (Å²) in [5, 5.41) is 14.5. The van der Waals surface area contributed by atoms with Crippen LogP contribution in [0.2, 0.25) is 0 Å². The topological polar surface area (TPSA) is 108 Å². The second-order valence-corrected chi connectivity index (χ2v) is 5.90. The summed E-state index contributed by atoms with van der Waals surface area (Å²) in [7, 11) is 0. The van der Waals surface area contributed by atoms with Gasteiger partial charge in [0, 0.05) is 24.3 Å². The fourth-order valence-electron chi connectivity index (χ4n) is 2.19. The molecule has 2 rings (SSSR count). The lowest BCUT2D eigenvalue weighted by molar-refractivity contribution is 0.0696. The van der Waals surface area contributed by atoms with Gasteiger partial charge in [-0.05, 0) is 43.2 Å². The number of rotatable bonds is 7. The highest BCUT2D eigenvalue weighted by molar-refractivity contribution is 5.96. The molecule has 0 spiro atoms. The normalized spacial score (nSPS) is 11.5. The first kappa shape index (κ1) is 19.1. The van der Waals surface area contributed by atoms with Gasteiger partial charge in [-0.25, -0.2) is 4.79 Å². The van der Waals surface area contributed by atoms with Crippen molar-refractivity contribution < 1.29 is 19.5 Å². The maximum atomic E-state index is 12.2. The molecule has 2 aromatic rings. The van der Waals surface area contributed by atoms with Crippen molar-refractivity contribution in [3.63, 3.8) is 0 Å². The molecular weight excluding hydrogens is 334 g/mol. The van der Waals surface area contributed by atoms with Gasteiger partial charge in [0.15, 0.2) is 0 Å². The van der Waals surface area contributed by atoms with Gasteiger partial charge in [0.25, 0.3) is 11.8 Å². The predicted molar refractivity (Wildman–Crippen MR) is 96.0 cm³/mol. The number of aromatic carboxylic acids is 1. The number of amides is 2. The molecule has 7 nitrogen and oxygen atoms in total. The van der Waals surface area contributed by atoms with Gasteiger partial charge >= 0.3 is 5.97 Å². The first-order valence-corrected chi connectivity index (χ1v) is 8.28. The summed E-state index contributed by atoms with van der Waals surface area (Å²) in [4.78, 5) is 39.2. The van der Waals surface area contributed by atoms with Crippen LogP contribution < -0.4 is 10.6 Å². The molecule has 1 heterocycles. The van der Waals surface area contributed by atoms with E-state index in [-0.39, 0.29) is 29.8 Å². The molecule has 1 aromatic carbocycles. The van der Waals surface area contributed by atoms with Gasteiger partial charge in [0.05, 0.1) is 5.56 Å². The lowest BCUT2D eigenvalue weighted by Gasteiger charge is -2.12. The van der Waals surface area contributed by atoms with Crippen molar-refractivity contribution in [1.82, 2.24) is 15.6 Å². The van der Waals surface area contributed by atoms with Crippen LogP contribution >= 0.6 is 0 Å². The van der Waals surface area contributed by atoms with E-state index in [1.165, 1.54) is 18.3 Å². The summed E-state index contributed by atoms with van der Waals surface area (Å²) >= 11 is 0. The van der Waals surface area contributed by atoms with Crippen molar-refractivity contribution >= 4 is 17.8 Å². The Morgan fingerprint density at radius 3 is 2.58 bits per heavy atom. The predicted octanol–water partition coefficient (Wildman–Crippen LogP) is 2.24. The number of hydrogen-bond donors (Lipinski definition) is 3. The van der Waals surface area contributed by atoms with Gasteiger partial charge in [-0.2, -0.15) is 0 Å². The highest BCUT2D eigenvalue weighted by atomic mass is 16.4. The van der Waals surface area contributed by atoms with Crippen LogP contribution in [0.15, 0.2) is 42.6 Å². The molecular formula is C19H21N3O4. The standard InChI is InChI=1S/C19H21N3O4/c1-3-12(2)22-17(23)14-6-4-5-13(9-14)11-21-18(24)16-10-15(19(25)26)7-8-20-16/h4-10,12H,3,11H2,1-2H3,(H,21,24)(H,22,23)(H,25,26). The van der Waals surface area contributed by atoms with E-state index in [0.717, 1.165) is 12.0 Å².